The SMILES string of the molecule is N#CC1CCCCC1n1cc(C(N)=O)c(Nc2ccc(C(F)(F)F)nc2)n1. The molecule has 1 aliphatic rings. The van der Waals surface area contributed by atoms with E-state index in [0.717, 1.165) is 37.9 Å². The van der Waals surface area contributed by atoms with Crippen molar-refractivity contribution >= 4 is 17.4 Å². The lowest BCUT2D eigenvalue weighted by Crippen LogP contribution is -2.22. The van der Waals surface area contributed by atoms with Crippen molar-refractivity contribution in [1.82, 2.24) is 14.8 Å². The van der Waals surface area contributed by atoms with Gasteiger partial charge in [-0.05, 0) is 25.0 Å². The Labute approximate surface area is 153 Å². The Balaban J connectivity index is 1.88. The first-order chi connectivity index (χ1) is 12.8. The zero-order valence-corrected chi connectivity index (χ0v) is 14.2. The number of pyridine rings is 1. The number of primary amides is 1. The third-order valence-electron chi connectivity index (χ3n) is 4.55. The van der Waals surface area contributed by atoms with Crippen LogP contribution in [0, 0.1) is 17.2 Å². The molecule has 10 heteroatoms. The molecule has 3 rings (SSSR count). The summed E-state index contributed by atoms with van der Waals surface area (Å²) in [5, 5.41) is 16.4. The van der Waals surface area contributed by atoms with Crippen molar-refractivity contribution < 1.29 is 18.0 Å². The van der Waals surface area contributed by atoms with Gasteiger partial charge in [-0.3, -0.25) is 9.48 Å². The van der Waals surface area contributed by atoms with E-state index in [0.29, 0.717) is 0 Å². The van der Waals surface area contributed by atoms with Crippen LogP contribution in [-0.4, -0.2) is 20.7 Å². The highest BCUT2D eigenvalue weighted by Crippen LogP contribution is 2.34. The van der Waals surface area contributed by atoms with Crippen LogP contribution in [-0.2, 0) is 6.18 Å². The molecule has 0 bridgehead atoms. The fourth-order valence-electron chi connectivity index (χ4n) is 3.18. The van der Waals surface area contributed by atoms with Crippen LogP contribution in [0.2, 0.25) is 0 Å². The zero-order valence-electron chi connectivity index (χ0n) is 14.2. The van der Waals surface area contributed by atoms with Crippen LogP contribution in [0.1, 0.15) is 47.8 Å². The number of nitrogens with one attached hydrogen (secondary N) is 1. The molecule has 142 valence electrons. The molecule has 3 N–H and O–H groups in total. The fraction of sp³-hybridized carbons (Fsp3) is 0.412. The number of amides is 1. The number of hydrogen-bond acceptors (Lipinski definition) is 5. The molecule has 27 heavy (non-hydrogen) atoms. The molecule has 2 atom stereocenters. The van der Waals surface area contributed by atoms with E-state index < -0.39 is 17.8 Å². The summed E-state index contributed by atoms with van der Waals surface area (Å²) in [6.07, 6.45) is 1.35. The lowest BCUT2D eigenvalue weighted by molar-refractivity contribution is -0.141. The second-order valence-corrected chi connectivity index (χ2v) is 6.38. The molecule has 0 aliphatic heterocycles. The minimum absolute atomic E-state index is 0.0946. The van der Waals surface area contributed by atoms with Crippen molar-refractivity contribution in [3.8, 4) is 6.07 Å². The van der Waals surface area contributed by atoms with Gasteiger partial charge in [0.1, 0.15) is 11.3 Å². The van der Waals surface area contributed by atoms with Crippen LogP contribution in [0.4, 0.5) is 24.7 Å². The molecular weight excluding hydrogens is 361 g/mol. The molecular formula is C17H17F3N6O. The number of hydrogen-bond donors (Lipinski definition) is 2. The molecule has 2 unspecified atom stereocenters. The topological polar surface area (TPSA) is 110 Å². The van der Waals surface area contributed by atoms with E-state index in [2.05, 4.69) is 21.5 Å². The number of alkyl halides is 3. The van der Waals surface area contributed by atoms with Gasteiger partial charge in [-0.25, -0.2) is 4.98 Å². The van der Waals surface area contributed by atoms with Gasteiger partial charge >= 0.3 is 6.18 Å². The van der Waals surface area contributed by atoms with Gasteiger partial charge in [0, 0.05) is 6.20 Å². The van der Waals surface area contributed by atoms with Crippen molar-refractivity contribution in [2.75, 3.05) is 5.32 Å². The summed E-state index contributed by atoms with van der Waals surface area (Å²) >= 11 is 0. The second-order valence-electron chi connectivity index (χ2n) is 6.38. The van der Waals surface area contributed by atoms with Gasteiger partial charge in [-0.2, -0.15) is 23.5 Å². The van der Waals surface area contributed by atoms with Crippen molar-refractivity contribution in [1.29, 1.82) is 5.26 Å². The van der Waals surface area contributed by atoms with Gasteiger partial charge in [0.15, 0.2) is 5.82 Å². The molecule has 0 aromatic carbocycles. The average molecular weight is 378 g/mol. The van der Waals surface area contributed by atoms with E-state index in [1.807, 2.05) is 0 Å². The van der Waals surface area contributed by atoms with E-state index in [9.17, 15) is 23.2 Å². The van der Waals surface area contributed by atoms with Gasteiger partial charge in [0.05, 0.1) is 29.9 Å². The Hall–Kier alpha value is -3.09. The summed E-state index contributed by atoms with van der Waals surface area (Å²) in [6, 6.07) is 4.11. The van der Waals surface area contributed by atoms with Gasteiger partial charge in [0.2, 0.25) is 0 Å². The molecule has 1 amide bonds. The molecule has 0 spiro atoms. The quantitative estimate of drug-likeness (QED) is 0.847. The normalized spacial score (nSPS) is 20.1. The van der Waals surface area contributed by atoms with Crippen LogP contribution in [0.25, 0.3) is 0 Å². The summed E-state index contributed by atoms with van der Waals surface area (Å²) in [7, 11) is 0. The number of nitriles is 1. The van der Waals surface area contributed by atoms with E-state index in [1.165, 1.54) is 12.3 Å². The van der Waals surface area contributed by atoms with E-state index in [-0.39, 0.29) is 29.0 Å². The first-order valence-electron chi connectivity index (χ1n) is 8.38. The summed E-state index contributed by atoms with van der Waals surface area (Å²) in [5.41, 5.74) is 4.70. The van der Waals surface area contributed by atoms with Crippen molar-refractivity contribution in [2.24, 2.45) is 11.7 Å². The zero-order chi connectivity index (χ0) is 19.6. The maximum absolute atomic E-state index is 12.6. The maximum atomic E-state index is 12.6. The third-order valence-corrected chi connectivity index (χ3v) is 4.55. The Morgan fingerprint density at radius 3 is 2.67 bits per heavy atom. The number of carbonyl (C=O) groups is 1. The smallest absolute Gasteiger partial charge is 0.365 e. The highest BCUT2D eigenvalue weighted by atomic mass is 19.4. The third kappa shape index (κ3) is 4.02. The first kappa shape index (κ1) is 18.7. The molecule has 7 nitrogen and oxygen atoms in total. The predicted octanol–water partition coefficient (Wildman–Crippen LogP) is 3.39. The Morgan fingerprint density at radius 1 is 1.33 bits per heavy atom. The molecule has 0 saturated heterocycles. The fourth-order valence-corrected chi connectivity index (χ4v) is 3.18. The molecule has 2 aromatic rings. The van der Waals surface area contributed by atoms with Crippen LogP contribution >= 0.6 is 0 Å². The van der Waals surface area contributed by atoms with Crippen LogP contribution in [0.5, 0.6) is 0 Å². The minimum atomic E-state index is -4.54. The van der Waals surface area contributed by atoms with Crippen molar-refractivity contribution in [3.05, 3.63) is 35.8 Å². The van der Waals surface area contributed by atoms with Gasteiger partial charge < -0.3 is 11.1 Å². The lowest BCUT2D eigenvalue weighted by atomic mass is 9.85. The molecule has 2 heterocycles. The van der Waals surface area contributed by atoms with E-state index in [1.54, 1.807) is 4.68 Å². The average Bonchev–Trinajstić information content (AvgIpc) is 3.05. The first-order valence-corrected chi connectivity index (χ1v) is 8.38. The maximum Gasteiger partial charge on any atom is 0.433 e. The molecule has 1 fully saturated rings. The molecule has 0 radical (unpaired) electrons. The highest BCUT2D eigenvalue weighted by molar-refractivity contribution is 5.98. The Morgan fingerprint density at radius 2 is 2.07 bits per heavy atom. The largest absolute Gasteiger partial charge is 0.433 e. The number of anilines is 2. The standard InChI is InChI=1S/C17H17F3N6O/c18-17(19,20)14-6-5-11(8-23-14)24-16-12(15(22)27)9-26(25-16)13-4-2-1-3-10(13)7-21/h5-6,8-10,13H,1-4H2,(H2,22,27)(H,24,25). The molecule has 1 aliphatic carbocycles. The number of halogens is 3. The number of rotatable bonds is 4. The van der Waals surface area contributed by atoms with E-state index >= 15 is 0 Å². The lowest BCUT2D eigenvalue weighted by Gasteiger charge is -2.26. The Kier molecular flexibility index (Phi) is 5.03. The summed E-state index contributed by atoms with van der Waals surface area (Å²) in [6.45, 7) is 0. The monoisotopic (exact) mass is 378 g/mol. The van der Waals surface area contributed by atoms with Crippen LogP contribution in [0.3, 0.4) is 0 Å². The number of nitrogens with two attached hydrogens (primary N) is 1. The molecule has 2 aromatic heterocycles. The highest BCUT2D eigenvalue weighted by Gasteiger charge is 2.32. The van der Waals surface area contributed by atoms with Crippen molar-refractivity contribution in [3.63, 3.8) is 0 Å². The second kappa shape index (κ2) is 7.26. The van der Waals surface area contributed by atoms with Gasteiger partial charge in [0.25, 0.3) is 5.91 Å². The van der Waals surface area contributed by atoms with E-state index in [4.69, 9.17) is 5.73 Å². The van der Waals surface area contributed by atoms with Crippen molar-refractivity contribution in [2.45, 2.75) is 37.9 Å². The predicted molar refractivity (Wildman–Crippen MR) is 89.9 cm³/mol. The molecule has 1 saturated carbocycles. The summed E-state index contributed by atoms with van der Waals surface area (Å²) in [5.74, 6) is -0.834. The minimum Gasteiger partial charge on any atom is -0.365 e. The number of carbonyl (C=O) groups excluding carboxylic acids is 1. The summed E-state index contributed by atoms with van der Waals surface area (Å²) in [4.78, 5) is 15.1. The Bertz CT molecular complexity index is 868. The van der Waals surface area contributed by atoms with Gasteiger partial charge in [-0.1, -0.05) is 12.8 Å². The number of aromatic nitrogens is 3. The number of nitrogens with zero attached hydrogens (tertiary/aromatic N) is 4. The van der Waals surface area contributed by atoms with Crippen LogP contribution < -0.4 is 11.1 Å². The summed E-state index contributed by atoms with van der Waals surface area (Å²) < 4.78 is 39.4. The van der Waals surface area contributed by atoms with Crippen LogP contribution in [0.15, 0.2) is 24.5 Å². The van der Waals surface area contributed by atoms with Gasteiger partial charge in [-0.15, -0.1) is 0 Å².